The van der Waals surface area contributed by atoms with Crippen LogP contribution in [0.2, 0.25) is 0 Å². The third-order valence-electron chi connectivity index (χ3n) is 2.25. The van der Waals surface area contributed by atoms with Crippen molar-refractivity contribution in [3.05, 3.63) is 22.2 Å². The molecule has 0 aliphatic heterocycles. The van der Waals surface area contributed by atoms with Gasteiger partial charge in [-0.25, -0.2) is 0 Å². The van der Waals surface area contributed by atoms with Crippen LogP contribution in [0.25, 0.3) is 0 Å². The second kappa shape index (κ2) is 5.34. The second-order valence-electron chi connectivity index (χ2n) is 3.71. The van der Waals surface area contributed by atoms with Crippen LogP contribution in [-0.2, 0) is 0 Å². The molecular weight excluding hydrogens is 272 g/mol. The van der Waals surface area contributed by atoms with E-state index in [4.69, 9.17) is 9.47 Å². The fraction of sp³-hybridized carbons (Fsp3) is 0.417. The quantitative estimate of drug-likeness (QED) is 0.797. The summed E-state index contributed by atoms with van der Waals surface area (Å²) in [5, 5.41) is 0. The number of rotatable bonds is 4. The minimum Gasteiger partial charge on any atom is -0.497 e. The van der Waals surface area contributed by atoms with Crippen LogP contribution in [0.3, 0.4) is 0 Å². The molecular formula is C12H15BrO3. The van der Waals surface area contributed by atoms with Crippen molar-refractivity contribution in [3.63, 3.8) is 0 Å². The van der Waals surface area contributed by atoms with Crippen LogP contribution >= 0.6 is 15.9 Å². The Morgan fingerprint density at radius 1 is 1.25 bits per heavy atom. The predicted molar refractivity (Wildman–Crippen MR) is 66.4 cm³/mol. The first-order valence-electron chi connectivity index (χ1n) is 4.97. The Hall–Kier alpha value is -1.03. The smallest absolute Gasteiger partial charge is 0.170 e. The highest BCUT2D eigenvalue weighted by atomic mass is 79.9. The van der Waals surface area contributed by atoms with E-state index in [1.807, 2.05) is 13.8 Å². The molecule has 0 N–H and O–H groups in total. The molecule has 0 spiro atoms. The number of ether oxygens (including phenoxy) is 2. The van der Waals surface area contributed by atoms with Gasteiger partial charge in [-0.3, -0.25) is 4.79 Å². The molecule has 0 aromatic heterocycles. The second-order valence-corrected chi connectivity index (χ2v) is 4.56. The van der Waals surface area contributed by atoms with E-state index in [0.717, 1.165) is 0 Å². The van der Waals surface area contributed by atoms with E-state index in [0.29, 0.717) is 21.5 Å². The number of Topliss-reactive ketones (excluding diaryl/α,β-unsaturated/α-hetero) is 1. The predicted octanol–water partition coefficient (Wildman–Crippen LogP) is 3.31. The first kappa shape index (κ1) is 13.0. The SMILES string of the molecule is COc1cc(Br)c(C(=O)C(C)C)c(OC)c1. The molecule has 0 fully saturated rings. The van der Waals surface area contributed by atoms with Crippen molar-refractivity contribution in [2.24, 2.45) is 5.92 Å². The Morgan fingerprint density at radius 2 is 1.88 bits per heavy atom. The van der Waals surface area contributed by atoms with Crippen molar-refractivity contribution in [2.45, 2.75) is 13.8 Å². The minimum absolute atomic E-state index is 0.0476. The molecule has 0 saturated heterocycles. The van der Waals surface area contributed by atoms with Gasteiger partial charge in [0.1, 0.15) is 11.5 Å². The molecule has 0 amide bonds. The van der Waals surface area contributed by atoms with Gasteiger partial charge in [0.2, 0.25) is 0 Å². The summed E-state index contributed by atoms with van der Waals surface area (Å²) in [5.74, 6) is 1.17. The molecule has 0 heterocycles. The number of halogens is 1. The number of hydrogen-bond acceptors (Lipinski definition) is 3. The first-order chi connectivity index (χ1) is 7.51. The summed E-state index contributed by atoms with van der Waals surface area (Å²) in [6, 6.07) is 3.47. The zero-order valence-electron chi connectivity index (χ0n) is 9.83. The van der Waals surface area contributed by atoms with Crippen molar-refractivity contribution < 1.29 is 14.3 Å². The Bertz CT molecular complexity index is 399. The molecule has 1 rings (SSSR count). The van der Waals surface area contributed by atoms with Gasteiger partial charge in [-0.05, 0) is 22.0 Å². The van der Waals surface area contributed by atoms with Gasteiger partial charge in [0.05, 0.1) is 19.8 Å². The minimum atomic E-state index is -0.0707. The molecule has 0 aliphatic carbocycles. The van der Waals surface area contributed by atoms with Gasteiger partial charge >= 0.3 is 0 Å². The Labute approximate surface area is 104 Å². The summed E-state index contributed by atoms with van der Waals surface area (Å²) in [6.07, 6.45) is 0. The number of benzene rings is 1. The molecule has 0 radical (unpaired) electrons. The maximum absolute atomic E-state index is 12.0. The van der Waals surface area contributed by atoms with Crippen molar-refractivity contribution in [3.8, 4) is 11.5 Å². The lowest BCUT2D eigenvalue weighted by Gasteiger charge is -2.13. The highest BCUT2D eigenvalue weighted by Gasteiger charge is 2.20. The zero-order chi connectivity index (χ0) is 12.3. The largest absolute Gasteiger partial charge is 0.497 e. The molecule has 0 aliphatic rings. The van der Waals surface area contributed by atoms with Crippen LogP contribution in [0.1, 0.15) is 24.2 Å². The van der Waals surface area contributed by atoms with E-state index >= 15 is 0 Å². The van der Waals surface area contributed by atoms with Gasteiger partial charge in [0.15, 0.2) is 5.78 Å². The summed E-state index contributed by atoms with van der Waals surface area (Å²) in [6.45, 7) is 3.72. The molecule has 16 heavy (non-hydrogen) atoms. The van der Waals surface area contributed by atoms with Gasteiger partial charge < -0.3 is 9.47 Å². The van der Waals surface area contributed by atoms with E-state index in [1.54, 1.807) is 26.4 Å². The van der Waals surface area contributed by atoms with Crippen LogP contribution < -0.4 is 9.47 Å². The normalized spacial score (nSPS) is 10.4. The topological polar surface area (TPSA) is 35.5 Å². The maximum Gasteiger partial charge on any atom is 0.170 e. The summed E-state index contributed by atoms with van der Waals surface area (Å²) < 4.78 is 11.0. The molecule has 0 bridgehead atoms. The molecule has 0 unspecified atom stereocenters. The Kier molecular flexibility index (Phi) is 4.35. The number of carbonyl (C=O) groups excluding carboxylic acids is 1. The monoisotopic (exact) mass is 286 g/mol. The molecule has 1 aromatic rings. The highest BCUT2D eigenvalue weighted by Crippen LogP contribution is 2.33. The van der Waals surface area contributed by atoms with Gasteiger partial charge in [-0.15, -0.1) is 0 Å². The lowest BCUT2D eigenvalue weighted by Crippen LogP contribution is -2.10. The number of hydrogen-bond donors (Lipinski definition) is 0. The van der Waals surface area contributed by atoms with Gasteiger partial charge in [-0.1, -0.05) is 13.8 Å². The summed E-state index contributed by atoms with van der Waals surface area (Å²) in [5.41, 5.74) is 0.568. The van der Waals surface area contributed by atoms with Crippen LogP contribution in [-0.4, -0.2) is 20.0 Å². The average molecular weight is 287 g/mol. The van der Waals surface area contributed by atoms with Crippen molar-refractivity contribution >= 4 is 21.7 Å². The number of ketones is 1. The van der Waals surface area contributed by atoms with Crippen molar-refractivity contribution in [1.82, 2.24) is 0 Å². The van der Waals surface area contributed by atoms with Crippen LogP contribution in [0.5, 0.6) is 11.5 Å². The van der Waals surface area contributed by atoms with Crippen LogP contribution in [0, 0.1) is 5.92 Å². The fourth-order valence-corrected chi connectivity index (χ4v) is 1.98. The van der Waals surface area contributed by atoms with Crippen LogP contribution in [0.15, 0.2) is 16.6 Å². The lowest BCUT2D eigenvalue weighted by molar-refractivity contribution is 0.0935. The maximum atomic E-state index is 12.0. The first-order valence-corrected chi connectivity index (χ1v) is 5.76. The molecule has 1 aromatic carbocycles. The van der Waals surface area contributed by atoms with Crippen LogP contribution in [0.4, 0.5) is 0 Å². The highest BCUT2D eigenvalue weighted by molar-refractivity contribution is 9.10. The zero-order valence-corrected chi connectivity index (χ0v) is 11.4. The van der Waals surface area contributed by atoms with Gasteiger partial charge in [-0.2, -0.15) is 0 Å². The molecule has 88 valence electrons. The van der Waals surface area contributed by atoms with Gasteiger partial charge in [0.25, 0.3) is 0 Å². The third kappa shape index (κ3) is 2.55. The molecule has 4 heteroatoms. The molecule has 3 nitrogen and oxygen atoms in total. The number of methoxy groups -OCH3 is 2. The number of carbonyl (C=O) groups is 1. The Balaban J connectivity index is 3.32. The summed E-state index contributed by atoms with van der Waals surface area (Å²) in [4.78, 5) is 12.0. The fourth-order valence-electron chi connectivity index (χ4n) is 1.36. The Morgan fingerprint density at radius 3 is 2.31 bits per heavy atom. The van der Waals surface area contributed by atoms with E-state index in [9.17, 15) is 4.79 Å². The van der Waals surface area contributed by atoms with E-state index in [1.165, 1.54) is 0 Å². The lowest BCUT2D eigenvalue weighted by atomic mass is 10.00. The van der Waals surface area contributed by atoms with Gasteiger partial charge in [0, 0.05) is 16.5 Å². The summed E-state index contributed by atoms with van der Waals surface area (Å²) in [7, 11) is 3.11. The van der Waals surface area contributed by atoms with E-state index < -0.39 is 0 Å². The van der Waals surface area contributed by atoms with Crippen molar-refractivity contribution in [2.75, 3.05) is 14.2 Å². The molecule has 0 atom stereocenters. The van der Waals surface area contributed by atoms with Crippen molar-refractivity contribution in [1.29, 1.82) is 0 Å². The van der Waals surface area contributed by atoms with E-state index in [-0.39, 0.29) is 11.7 Å². The average Bonchev–Trinajstić information content (AvgIpc) is 2.26. The molecule has 0 saturated carbocycles. The standard InChI is InChI=1S/C12H15BrO3/c1-7(2)12(14)11-9(13)5-8(15-3)6-10(11)16-4/h5-7H,1-4H3. The van der Waals surface area contributed by atoms with E-state index in [2.05, 4.69) is 15.9 Å². The third-order valence-corrected chi connectivity index (χ3v) is 2.88. The summed E-state index contributed by atoms with van der Waals surface area (Å²) >= 11 is 3.37.